The molecule has 0 bridgehead atoms. The highest BCUT2D eigenvalue weighted by Gasteiger charge is 2.26. The molecule has 3 atom stereocenters. The van der Waals surface area contributed by atoms with Crippen LogP contribution in [-0.4, -0.2) is 18.5 Å². The van der Waals surface area contributed by atoms with Gasteiger partial charge in [0.2, 0.25) is 5.91 Å². The fourth-order valence-corrected chi connectivity index (χ4v) is 3.23. The average Bonchev–Trinajstić information content (AvgIpc) is 2.43. The lowest BCUT2D eigenvalue weighted by Gasteiger charge is -2.34. The number of benzene rings is 1. The van der Waals surface area contributed by atoms with E-state index in [-0.39, 0.29) is 5.91 Å². The quantitative estimate of drug-likeness (QED) is 0.876. The van der Waals surface area contributed by atoms with Crippen molar-refractivity contribution in [2.24, 2.45) is 11.8 Å². The maximum absolute atomic E-state index is 12.0. The summed E-state index contributed by atoms with van der Waals surface area (Å²) in [5.41, 5.74) is 0.823. The van der Waals surface area contributed by atoms with Crippen LogP contribution < -0.4 is 10.6 Å². The van der Waals surface area contributed by atoms with Gasteiger partial charge in [-0.3, -0.25) is 4.79 Å². The van der Waals surface area contributed by atoms with Crippen molar-refractivity contribution in [3.05, 3.63) is 28.7 Å². The molecule has 2 N–H and O–H groups in total. The Hall–Kier alpha value is -0.870. The second-order valence-corrected chi connectivity index (χ2v) is 6.64. The SMILES string of the molecule is CC1CCCC(NCC(=O)Nc2ccccc2Br)C1C. The number of nitrogens with one attached hydrogen (secondary N) is 2. The van der Waals surface area contributed by atoms with Crippen molar-refractivity contribution < 1.29 is 4.79 Å². The predicted octanol–water partition coefficient (Wildman–Crippen LogP) is 3.80. The number of halogens is 1. The molecule has 1 saturated carbocycles. The fraction of sp³-hybridized carbons (Fsp3) is 0.562. The third kappa shape index (κ3) is 4.06. The Labute approximate surface area is 129 Å². The van der Waals surface area contributed by atoms with Gasteiger partial charge in [0.25, 0.3) is 0 Å². The van der Waals surface area contributed by atoms with E-state index < -0.39 is 0 Å². The number of para-hydroxylation sites is 1. The van der Waals surface area contributed by atoms with Gasteiger partial charge in [0.05, 0.1) is 12.2 Å². The average molecular weight is 339 g/mol. The van der Waals surface area contributed by atoms with Gasteiger partial charge in [-0.2, -0.15) is 0 Å². The summed E-state index contributed by atoms with van der Waals surface area (Å²) in [5.74, 6) is 1.40. The van der Waals surface area contributed by atoms with Crippen molar-refractivity contribution in [1.82, 2.24) is 5.32 Å². The lowest BCUT2D eigenvalue weighted by Crippen LogP contribution is -2.43. The first-order valence-corrected chi connectivity index (χ1v) is 8.15. The third-order valence-corrected chi connectivity index (χ3v) is 5.07. The molecule has 0 saturated heterocycles. The molecule has 1 amide bonds. The molecular weight excluding hydrogens is 316 g/mol. The minimum atomic E-state index is 0.0160. The fourth-order valence-electron chi connectivity index (χ4n) is 2.85. The summed E-state index contributed by atoms with van der Waals surface area (Å²) in [6, 6.07) is 8.13. The molecule has 1 aromatic rings. The van der Waals surface area contributed by atoms with Crippen LogP contribution in [-0.2, 0) is 4.79 Å². The summed E-state index contributed by atoms with van der Waals surface area (Å²) in [6.45, 7) is 4.97. The second kappa shape index (κ2) is 7.23. The van der Waals surface area contributed by atoms with E-state index in [9.17, 15) is 4.79 Å². The van der Waals surface area contributed by atoms with Crippen LogP contribution in [0.4, 0.5) is 5.69 Å². The number of carbonyl (C=O) groups excluding carboxylic acids is 1. The van der Waals surface area contributed by atoms with Crippen molar-refractivity contribution in [3.8, 4) is 0 Å². The number of rotatable bonds is 4. The largest absolute Gasteiger partial charge is 0.324 e. The van der Waals surface area contributed by atoms with Crippen LogP contribution in [0.2, 0.25) is 0 Å². The first-order valence-electron chi connectivity index (χ1n) is 7.35. The van der Waals surface area contributed by atoms with Crippen molar-refractivity contribution in [1.29, 1.82) is 0 Å². The van der Waals surface area contributed by atoms with Crippen LogP contribution in [0, 0.1) is 11.8 Å². The Morgan fingerprint density at radius 3 is 2.80 bits per heavy atom. The molecule has 0 radical (unpaired) electrons. The van der Waals surface area contributed by atoms with Crippen LogP contribution in [0.1, 0.15) is 33.1 Å². The Bertz CT molecular complexity index is 464. The molecule has 1 fully saturated rings. The van der Waals surface area contributed by atoms with Crippen LogP contribution in [0.3, 0.4) is 0 Å². The Morgan fingerprint density at radius 1 is 1.30 bits per heavy atom. The minimum Gasteiger partial charge on any atom is -0.324 e. The van der Waals surface area contributed by atoms with E-state index in [2.05, 4.69) is 40.4 Å². The van der Waals surface area contributed by atoms with E-state index in [1.54, 1.807) is 0 Å². The lowest BCUT2D eigenvalue weighted by molar-refractivity contribution is -0.115. The molecule has 20 heavy (non-hydrogen) atoms. The van der Waals surface area contributed by atoms with E-state index in [1.165, 1.54) is 19.3 Å². The minimum absolute atomic E-state index is 0.0160. The van der Waals surface area contributed by atoms with Crippen LogP contribution in [0.25, 0.3) is 0 Å². The van der Waals surface area contributed by atoms with Gasteiger partial charge in [-0.25, -0.2) is 0 Å². The molecule has 1 aliphatic carbocycles. The first kappa shape index (κ1) is 15.5. The van der Waals surface area contributed by atoms with Crippen LogP contribution >= 0.6 is 15.9 Å². The standard InChI is InChI=1S/C16H23BrN2O/c1-11-6-5-9-14(12(11)2)18-10-16(20)19-15-8-4-3-7-13(15)17/h3-4,7-8,11-12,14,18H,5-6,9-10H2,1-2H3,(H,19,20). The summed E-state index contributed by atoms with van der Waals surface area (Å²) >= 11 is 3.43. The van der Waals surface area contributed by atoms with E-state index >= 15 is 0 Å². The Kier molecular flexibility index (Phi) is 5.61. The Balaban J connectivity index is 1.82. The van der Waals surface area contributed by atoms with Gasteiger partial charge in [-0.15, -0.1) is 0 Å². The van der Waals surface area contributed by atoms with Gasteiger partial charge in [0.15, 0.2) is 0 Å². The highest BCUT2D eigenvalue weighted by atomic mass is 79.9. The molecule has 3 nitrogen and oxygen atoms in total. The zero-order valence-corrected chi connectivity index (χ0v) is 13.7. The normalized spacial score (nSPS) is 26.2. The third-order valence-electron chi connectivity index (χ3n) is 4.38. The van der Waals surface area contributed by atoms with E-state index in [1.807, 2.05) is 24.3 Å². The predicted molar refractivity (Wildman–Crippen MR) is 86.7 cm³/mol. The summed E-state index contributed by atoms with van der Waals surface area (Å²) in [7, 11) is 0. The van der Waals surface area contributed by atoms with Crippen molar-refractivity contribution in [2.45, 2.75) is 39.2 Å². The lowest BCUT2D eigenvalue weighted by atomic mass is 9.78. The zero-order valence-electron chi connectivity index (χ0n) is 12.2. The molecule has 0 spiro atoms. The smallest absolute Gasteiger partial charge is 0.238 e. The molecule has 0 heterocycles. The number of carbonyl (C=O) groups is 1. The molecule has 2 rings (SSSR count). The maximum Gasteiger partial charge on any atom is 0.238 e. The van der Waals surface area contributed by atoms with Gasteiger partial charge < -0.3 is 10.6 Å². The molecule has 1 aromatic carbocycles. The van der Waals surface area contributed by atoms with Crippen LogP contribution in [0.5, 0.6) is 0 Å². The summed E-state index contributed by atoms with van der Waals surface area (Å²) < 4.78 is 0.910. The number of amides is 1. The van der Waals surface area contributed by atoms with Gasteiger partial charge in [0, 0.05) is 10.5 Å². The second-order valence-electron chi connectivity index (χ2n) is 5.78. The van der Waals surface area contributed by atoms with E-state index in [0.717, 1.165) is 16.1 Å². The van der Waals surface area contributed by atoms with Crippen molar-refractivity contribution in [3.63, 3.8) is 0 Å². The van der Waals surface area contributed by atoms with Crippen LogP contribution in [0.15, 0.2) is 28.7 Å². The van der Waals surface area contributed by atoms with E-state index in [0.29, 0.717) is 18.5 Å². The number of hydrogen-bond donors (Lipinski definition) is 2. The monoisotopic (exact) mass is 338 g/mol. The maximum atomic E-state index is 12.0. The van der Waals surface area contributed by atoms with Crippen molar-refractivity contribution >= 4 is 27.5 Å². The van der Waals surface area contributed by atoms with Gasteiger partial charge in [-0.1, -0.05) is 38.8 Å². The molecular formula is C16H23BrN2O. The zero-order chi connectivity index (χ0) is 14.5. The summed E-state index contributed by atoms with van der Waals surface area (Å²) in [5, 5.41) is 6.34. The molecule has 0 aromatic heterocycles. The summed E-state index contributed by atoms with van der Waals surface area (Å²) in [6.07, 6.45) is 3.74. The molecule has 1 aliphatic rings. The number of hydrogen-bond acceptors (Lipinski definition) is 2. The van der Waals surface area contributed by atoms with Gasteiger partial charge >= 0.3 is 0 Å². The Morgan fingerprint density at radius 2 is 2.05 bits per heavy atom. The highest BCUT2D eigenvalue weighted by molar-refractivity contribution is 9.10. The van der Waals surface area contributed by atoms with E-state index in [4.69, 9.17) is 0 Å². The molecule has 110 valence electrons. The molecule has 0 aliphatic heterocycles. The topological polar surface area (TPSA) is 41.1 Å². The van der Waals surface area contributed by atoms with Crippen molar-refractivity contribution in [2.75, 3.05) is 11.9 Å². The van der Waals surface area contributed by atoms with Gasteiger partial charge in [0.1, 0.15) is 0 Å². The highest BCUT2D eigenvalue weighted by Crippen LogP contribution is 2.29. The summed E-state index contributed by atoms with van der Waals surface area (Å²) in [4.78, 5) is 12.0. The first-order chi connectivity index (χ1) is 9.58. The van der Waals surface area contributed by atoms with Gasteiger partial charge in [-0.05, 0) is 46.3 Å². The number of anilines is 1. The molecule has 3 unspecified atom stereocenters. The molecule has 4 heteroatoms.